The number of carbonyl (C=O) groups excluding carboxylic acids is 1. The Kier molecular flexibility index (Phi) is 3.61. The molecule has 3 rings (SSSR count). The highest BCUT2D eigenvalue weighted by molar-refractivity contribution is 5.69. The van der Waals surface area contributed by atoms with E-state index < -0.39 is 0 Å². The number of hydrogen-bond acceptors (Lipinski definition) is 4. The molecule has 21 heavy (non-hydrogen) atoms. The molecule has 0 radical (unpaired) electrons. The first-order valence-corrected chi connectivity index (χ1v) is 7.46. The topological polar surface area (TPSA) is 57.5 Å². The number of rotatable bonds is 3. The molecule has 2 aliphatic rings. The highest BCUT2D eigenvalue weighted by Gasteiger charge is 2.60. The normalized spacial score (nSPS) is 30.1. The van der Waals surface area contributed by atoms with Gasteiger partial charge in [-0.1, -0.05) is 19.9 Å². The summed E-state index contributed by atoms with van der Waals surface area (Å²) in [7, 11) is 0. The molecule has 2 heterocycles. The van der Waals surface area contributed by atoms with Crippen LogP contribution < -0.4 is 5.56 Å². The lowest BCUT2D eigenvalue weighted by Gasteiger charge is -2.58. The average Bonchev–Trinajstić information content (AvgIpc) is 2.47. The summed E-state index contributed by atoms with van der Waals surface area (Å²) in [5.41, 5.74) is -0.344. The number of hydrogen-bond donors (Lipinski definition) is 0. The number of fused-ring (bicyclic) bond motifs is 1. The van der Waals surface area contributed by atoms with Crippen LogP contribution >= 0.6 is 0 Å². The van der Waals surface area contributed by atoms with Gasteiger partial charge in [0.2, 0.25) is 0 Å². The van der Waals surface area contributed by atoms with Gasteiger partial charge < -0.3 is 14.0 Å². The summed E-state index contributed by atoms with van der Waals surface area (Å²) in [6.45, 7) is 4.91. The molecule has 0 bridgehead atoms. The molecule has 1 saturated heterocycles. The first-order chi connectivity index (χ1) is 10.00. The monoisotopic (exact) mass is 291 g/mol. The van der Waals surface area contributed by atoms with Crippen molar-refractivity contribution in [2.45, 2.75) is 45.4 Å². The predicted molar refractivity (Wildman–Crippen MR) is 76.8 cm³/mol. The van der Waals surface area contributed by atoms with Crippen molar-refractivity contribution in [3.05, 3.63) is 34.7 Å². The molecular weight excluding hydrogens is 270 g/mol. The van der Waals surface area contributed by atoms with Crippen LogP contribution in [0.5, 0.6) is 0 Å². The van der Waals surface area contributed by atoms with E-state index >= 15 is 0 Å². The van der Waals surface area contributed by atoms with Gasteiger partial charge in [-0.25, -0.2) is 0 Å². The van der Waals surface area contributed by atoms with Crippen molar-refractivity contribution in [3.8, 4) is 0 Å². The van der Waals surface area contributed by atoms with Crippen LogP contribution in [0.3, 0.4) is 0 Å². The molecule has 0 N–H and O–H groups in total. The highest BCUT2D eigenvalue weighted by Crippen LogP contribution is 2.52. The largest absolute Gasteiger partial charge is 0.460 e. The highest BCUT2D eigenvalue weighted by atomic mass is 16.6. The molecule has 1 aromatic heterocycles. The van der Waals surface area contributed by atoms with Gasteiger partial charge in [-0.2, -0.15) is 0 Å². The maximum Gasteiger partial charge on any atom is 0.326 e. The maximum absolute atomic E-state index is 12.1. The van der Waals surface area contributed by atoms with Gasteiger partial charge in [-0.3, -0.25) is 9.59 Å². The zero-order valence-corrected chi connectivity index (χ0v) is 12.5. The Hall–Kier alpha value is -1.62. The van der Waals surface area contributed by atoms with Crippen molar-refractivity contribution in [1.82, 2.24) is 4.57 Å². The van der Waals surface area contributed by atoms with E-state index in [1.54, 1.807) is 18.3 Å². The van der Waals surface area contributed by atoms with Crippen molar-refractivity contribution < 1.29 is 14.3 Å². The zero-order chi connectivity index (χ0) is 15.0. The Bertz CT molecular complexity index is 592. The van der Waals surface area contributed by atoms with E-state index in [4.69, 9.17) is 9.47 Å². The van der Waals surface area contributed by atoms with Crippen molar-refractivity contribution >= 4 is 5.97 Å². The van der Waals surface area contributed by atoms with Gasteiger partial charge in [0, 0.05) is 30.2 Å². The van der Waals surface area contributed by atoms with Gasteiger partial charge >= 0.3 is 5.97 Å². The SMILES string of the molecule is CC1(C)[C@@H]2OCCC[C@H]2[C@H]1OC(=O)Cn1ccccc1=O. The molecule has 1 aliphatic heterocycles. The Balaban J connectivity index is 1.65. The summed E-state index contributed by atoms with van der Waals surface area (Å²) in [5.74, 6) is -0.0596. The predicted octanol–water partition coefficient (Wildman–Crippen LogP) is 1.60. The van der Waals surface area contributed by atoms with Gasteiger partial charge in [-0.05, 0) is 18.9 Å². The summed E-state index contributed by atoms with van der Waals surface area (Å²) in [5, 5.41) is 0. The molecule has 0 amide bonds. The second-order valence-electron chi connectivity index (χ2n) is 6.50. The first-order valence-electron chi connectivity index (χ1n) is 7.46. The molecule has 2 fully saturated rings. The Morgan fingerprint density at radius 1 is 1.48 bits per heavy atom. The second kappa shape index (κ2) is 5.30. The third kappa shape index (κ3) is 2.50. The molecule has 0 unspecified atom stereocenters. The lowest BCUT2D eigenvalue weighted by Crippen LogP contribution is -2.65. The van der Waals surface area contributed by atoms with Crippen LogP contribution in [0.2, 0.25) is 0 Å². The molecule has 1 aliphatic carbocycles. The van der Waals surface area contributed by atoms with Gasteiger partial charge in [0.05, 0.1) is 6.10 Å². The van der Waals surface area contributed by atoms with Crippen molar-refractivity contribution in [3.63, 3.8) is 0 Å². The standard InChI is InChI=1S/C16H21NO4/c1-16(2)14-11(6-5-9-20-14)15(16)21-13(19)10-17-8-4-3-7-12(17)18/h3-4,7-8,11,14-15H,5-6,9-10H2,1-2H3/t11-,14-,15-/m1/s1. The minimum absolute atomic E-state index is 0.0372. The minimum atomic E-state index is -0.356. The van der Waals surface area contributed by atoms with Crippen molar-refractivity contribution in [2.24, 2.45) is 11.3 Å². The third-order valence-corrected chi connectivity index (χ3v) is 4.68. The van der Waals surface area contributed by atoms with Gasteiger partial charge in [0.1, 0.15) is 12.6 Å². The molecule has 1 aromatic rings. The average molecular weight is 291 g/mol. The summed E-state index contributed by atoms with van der Waals surface area (Å²) < 4.78 is 12.8. The van der Waals surface area contributed by atoms with Crippen molar-refractivity contribution in [2.75, 3.05) is 6.61 Å². The molecule has 5 nitrogen and oxygen atoms in total. The van der Waals surface area contributed by atoms with E-state index in [-0.39, 0.29) is 35.7 Å². The Morgan fingerprint density at radius 2 is 2.29 bits per heavy atom. The summed E-state index contributed by atoms with van der Waals surface area (Å²) in [4.78, 5) is 23.7. The number of aromatic nitrogens is 1. The van der Waals surface area contributed by atoms with E-state index in [1.165, 1.54) is 10.6 Å². The van der Waals surface area contributed by atoms with Gasteiger partial charge in [0.15, 0.2) is 0 Å². The molecule has 114 valence electrons. The minimum Gasteiger partial charge on any atom is -0.460 e. The fourth-order valence-corrected chi connectivity index (χ4v) is 3.62. The fraction of sp³-hybridized carbons (Fsp3) is 0.625. The molecule has 0 aromatic carbocycles. The quantitative estimate of drug-likeness (QED) is 0.794. The number of ether oxygens (including phenoxy) is 2. The van der Waals surface area contributed by atoms with Crippen LogP contribution in [0.1, 0.15) is 26.7 Å². The molecule has 0 spiro atoms. The number of carbonyl (C=O) groups is 1. The van der Waals surface area contributed by atoms with Crippen LogP contribution in [0.15, 0.2) is 29.2 Å². The molecule has 3 atom stereocenters. The van der Waals surface area contributed by atoms with E-state index in [1.807, 2.05) is 0 Å². The van der Waals surface area contributed by atoms with Crippen molar-refractivity contribution in [1.29, 1.82) is 0 Å². The van der Waals surface area contributed by atoms with E-state index in [2.05, 4.69) is 13.8 Å². The molecule has 1 saturated carbocycles. The van der Waals surface area contributed by atoms with Gasteiger partial charge in [-0.15, -0.1) is 0 Å². The van der Waals surface area contributed by atoms with E-state index in [0.29, 0.717) is 5.92 Å². The number of pyridine rings is 1. The zero-order valence-electron chi connectivity index (χ0n) is 12.5. The van der Waals surface area contributed by atoms with Crippen LogP contribution in [0.4, 0.5) is 0 Å². The lowest BCUT2D eigenvalue weighted by molar-refractivity contribution is -0.255. The van der Waals surface area contributed by atoms with E-state index in [9.17, 15) is 9.59 Å². The fourth-order valence-electron chi connectivity index (χ4n) is 3.62. The number of esters is 1. The van der Waals surface area contributed by atoms with Crippen LogP contribution in [0.25, 0.3) is 0 Å². The summed E-state index contributed by atoms with van der Waals surface area (Å²) in [6.07, 6.45) is 3.72. The smallest absolute Gasteiger partial charge is 0.326 e. The number of nitrogens with zero attached hydrogens (tertiary/aromatic N) is 1. The Morgan fingerprint density at radius 3 is 3.05 bits per heavy atom. The molecule has 5 heteroatoms. The molecular formula is C16H21NO4. The van der Waals surface area contributed by atoms with Gasteiger partial charge in [0.25, 0.3) is 5.56 Å². The van der Waals surface area contributed by atoms with E-state index in [0.717, 1.165) is 19.4 Å². The lowest BCUT2D eigenvalue weighted by atomic mass is 9.57. The summed E-state index contributed by atoms with van der Waals surface area (Å²) in [6, 6.07) is 4.82. The van der Waals surface area contributed by atoms with Crippen LogP contribution in [-0.4, -0.2) is 29.4 Å². The second-order valence-corrected chi connectivity index (χ2v) is 6.50. The third-order valence-electron chi connectivity index (χ3n) is 4.68. The van der Waals surface area contributed by atoms with Crippen LogP contribution in [0, 0.1) is 11.3 Å². The van der Waals surface area contributed by atoms with Crippen LogP contribution in [-0.2, 0) is 20.8 Å². The Labute approximate surface area is 123 Å². The summed E-state index contributed by atoms with van der Waals surface area (Å²) >= 11 is 0. The first kappa shape index (κ1) is 14.3. The maximum atomic E-state index is 12.1.